The number of para-hydroxylation sites is 1. The van der Waals surface area contributed by atoms with E-state index in [0.29, 0.717) is 5.02 Å². The molecule has 0 unspecified atom stereocenters. The van der Waals surface area contributed by atoms with Gasteiger partial charge in [-0.15, -0.1) is 0 Å². The predicted octanol–water partition coefficient (Wildman–Crippen LogP) is 7.92. The second-order valence-electron chi connectivity index (χ2n) is 9.34. The van der Waals surface area contributed by atoms with E-state index in [9.17, 15) is 0 Å². The Kier molecular flexibility index (Phi) is 3.49. The van der Waals surface area contributed by atoms with Gasteiger partial charge in [-0.2, -0.15) is 0 Å². The molecule has 0 atom stereocenters. The summed E-state index contributed by atoms with van der Waals surface area (Å²) in [4.78, 5) is 0. The van der Waals surface area contributed by atoms with Gasteiger partial charge in [-0.1, -0.05) is 76.6 Å². The number of benzene rings is 3. The molecular weight excluding hydrogens is 366 g/mol. The summed E-state index contributed by atoms with van der Waals surface area (Å²) in [6, 6.07) is 17.0. The lowest BCUT2D eigenvalue weighted by molar-refractivity contribution is 0.582. The van der Waals surface area contributed by atoms with Crippen molar-refractivity contribution in [3.63, 3.8) is 0 Å². The zero-order valence-electron chi connectivity index (χ0n) is 16.9. The molecule has 0 spiro atoms. The van der Waals surface area contributed by atoms with Crippen LogP contribution in [0.4, 0.5) is 11.4 Å². The molecule has 2 nitrogen and oxygen atoms in total. The molecule has 1 aliphatic rings. The first kappa shape index (κ1) is 17.6. The number of rotatable bonds is 0. The molecule has 0 fully saturated rings. The van der Waals surface area contributed by atoms with E-state index < -0.39 is 0 Å². The molecule has 1 N–H and O–H groups in total. The highest BCUT2D eigenvalue weighted by atomic mass is 35.5. The van der Waals surface area contributed by atoms with Gasteiger partial charge in [0, 0.05) is 27.6 Å². The van der Waals surface area contributed by atoms with Gasteiger partial charge in [0.25, 0.3) is 0 Å². The normalized spacial score (nSPS) is 15.4. The summed E-state index contributed by atoms with van der Waals surface area (Å²) >= 11 is 6.64. The Morgan fingerprint density at radius 1 is 0.964 bits per heavy atom. The zero-order chi connectivity index (χ0) is 19.8. The first-order chi connectivity index (χ1) is 13.2. The van der Waals surface area contributed by atoms with Crippen molar-refractivity contribution in [2.75, 3.05) is 5.32 Å². The van der Waals surface area contributed by atoms with Gasteiger partial charge in [-0.05, 0) is 40.3 Å². The van der Waals surface area contributed by atoms with Crippen molar-refractivity contribution in [2.24, 2.45) is 0 Å². The first-order valence-corrected chi connectivity index (χ1v) is 10.1. The van der Waals surface area contributed by atoms with E-state index in [0.717, 1.165) is 33.3 Å². The van der Waals surface area contributed by atoms with Gasteiger partial charge in [-0.25, -0.2) is 0 Å². The van der Waals surface area contributed by atoms with Crippen LogP contribution in [0.5, 0.6) is 0 Å². The number of nitrogens with one attached hydrogen (secondary N) is 1. The van der Waals surface area contributed by atoms with Crippen LogP contribution >= 0.6 is 11.6 Å². The number of hydrogen-bond donors (Lipinski definition) is 1. The van der Waals surface area contributed by atoms with Crippen LogP contribution < -0.4 is 5.32 Å². The summed E-state index contributed by atoms with van der Waals surface area (Å²) in [6.07, 6.45) is 0. The van der Waals surface area contributed by atoms with Crippen molar-refractivity contribution in [1.29, 1.82) is 0 Å². The summed E-state index contributed by atoms with van der Waals surface area (Å²) in [5, 5.41) is 6.50. The number of halogens is 1. The van der Waals surface area contributed by atoms with E-state index in [-0.39, 0.29) is 10.8 Å². The highest BCUT2D eigenvalue weighted by Gasteiger charge is 2.37. The smallest absolute Gasteiger partial charge is 0.154 e. The fraction of sp³-hybridized carbons (Fsp3) is 0.280. The van der Waals surface area contributed by atoms with Gasteiger partial charge in [0.1, 0.15) is 5.58 Å². The highest BCUT2D eigenvalue weighted by Crippen LogP contribution is 2.52. The maximum absolute atomic E-state index is 6.64. The van der Waals surface area contributed by atoms with Crippen LogP contribution in [-0.2, 0) is 10.8 Å². The van der Waals surface area contributed by atoms with Crippen molar-refractivity contribution in [3.05, 3.63) is 70.2 Å². The monoisotopic (exact) mass is 389 g/mol. The third kappa shape index (κ3) is 2.34. The fourth-order valence-electron chi connectivity index (χ4n) is 4.53. The van der Waals surface area contributed by atoms with E-state index in [1.54, 1.807) is 0 Å². The molecule has 2 heterocycles. The number of anilines is 2. The lowest BCUT2D eigenvalue weighted by atomic mass is 9.71. The molecule has 0 bridgehead atoms. The van der Waals surface area contributed by atoms with Crippen LogP contribution in [0, 0.1) is 0 Å². The lowest BCUT2D eigenvalue weighted by Gasteiger charge is -2.37. The van der Waals surface area contributed by atoms with Crippen LogP contribution in [-0.4, -0.2) is 0 Å². The number of hydrogen-bond acceptors (Lipinski definition) is 2. The van der Waals surface area contributed by atoms with Crippen LogP contribution in [0.3, 0.4) is 0 Å². The minimum absolute atomic E-state index is 0.100. The van der Waals surface area contributed by atoms with Crippen molar-refractivity contribution in [3.8, 4) is 0 Å². The minimum atomic E-state index is -0.188. The average molecular weight is 390 g/mol. The van der Waals surface area contributed by atoms with E-state index in [1.807, 2.05) is 18.2 Å². The molecule has 4 aromatic rings. The van der Waals surface area contributed by atoms with Gasteiger partial charge in [0.05, 0.1) is 5.02 Å². The van der Waals surface area contributed by atoms with Crippen molar-refractivity contribution < 1.29 is 4.42 Å². The Morgan fingerprint density at radius 3 is 2.46 bits per heavy atom. The third-order valence-corrected chi connectivity index (χ3v) is 6.34. The Hall–Kier alpha value is -2.45. The van der Waals surface area contributed by atoms with Crippen molar-refractivity contribution in [1.82, 2.24) is 0 Å². The third-order valence-electron chi connectivity index (χ3n) is 6.06. The molecule has 0 aliphatic carbocycles. The summed E-state index contributed by atoms with van der Waals surface area (Å²) in [5.74, 6) is 0. The zero-order valence-corrected chi connectivity index (χ0v) is 17.7. The van der Waals surface area contributed by atoms with Gasteiger partial charge in [0.2, 0.25) is 0 Å². The molecule has 0 saturated carbocycles. The predicted molar refractivity (Wildman–Crippen MR) is 119 cm³/mol. The SMILES string of the molecule is CC(C)(C)c1ccc2c(c1)C(C)(C)c1c(cc(Cl)c3oc4ccccc4c13)N2. The molecular formula is C25H24ClNO. The fourth-order valence-corrected chi connectivity index (χ4v) is 4.77. The van der Waals surface area contributed by atoms with E-state index >= 15 is 0 Å². The summed E-state index contributed by atoms with van der Waals surface area (Å²) in [7, 11) is 0. The Morgan fingerprint density at radius 2 is 1.71 bits per heavy atom. The number of furan rings is 1. The molecule has 0 saturated heterocycles. The van der Waals surface area contributed by atoms with Crippen molar-refractivity contribution in [2.45, 2.75) is 45.4 Å². The van der Waals surface area contributed by atoms with Gasteiger partial charge >= 0.3 is 0 Å². The lowest BCUT2D eigenvalue weighted by Crippen LogP contribution is -2.27. The largest absolute Gasteiger partial charge is 0.454 e. The average Bonchev–Trinajstić information content (AvgIpc) is 3.00. The molecule has 0 amide bonds. The van der Waals surface area contributed by atoms with Crippen LogP contribution in [0.25, 0.3) is 21.9 Å². The molecule has 0 radical (unpaired) electrons. The number of fused-ring (bicyclic) bond motifs is 6. The van der Waals surface area contributed by atoms with E-state index in [4.69, 9.17) is 16.0 Å². The van der Waals surface area contributed by atoms with Crippen LogP contribution in [0.15, 0.2) is 52.9 Å². The minimum Gasteiger partial charge on any atom is -0.454 e. The molecule has 3 aromatic carbocycles. The summed E-state index contributed by atoms with van der Waals surface area (Å²) in [6.45, 7) is 11.4. The molecule has 142 valence electrons. The van der Waals surface area contributed by atoms with Gasteiger partial charge in [0.15, 0.2) is 5.58 Å². The Labute approximate surface area is 170 Å². The van der Waals surface area contributed by atoms with Crippen LogP contribution in [0.1, 0.15) is 51.3 Å². The Balaban J connectivity index is 1.87. The van der Waals surface area contributed by atoms with E-state index in [1.165, 1.54) is 16.7 Å². The standard InChI is InChI=1S/C25H24ClNO/c1-24(2,3)14-10-11-18-16(12-14)25(4,5)22-19(27-18)13-17(26)23-21(22)15-8-6-7-9-20(15)28-23/h6-13,27H,1-5H3. The first-order valence-electron chi connectivity index (χ1n) is 9.74. The highest BCUT2D eigenvalue weighted by molar-refractivity contribution is 6.36. The van der Waals surface area contributed by atoms with E-state index in [2.05, 4.69) is 70.3 Å². The maximum atomic E-state index is 6.64. The summed E-state index contributed by atoms with van der Waals surface area (Å²) in [5.41, 5.74) is 7.66. The molecule has 1 aromatic heterocycles. The second kappa shape index (κ2) is 5.55. The van der Waals surface area contributed by atoms with Gasteiger partial charge < -0.3 is 9.73 Å². The second-order valence-corrected chi connectivity index (χ2v) is 9.75. The molecule has 3 heteroatoms. The molecule has 5 rings (SSSR count). The van der Waals surface area contributed by atoms with Crippen LogP contribution in [0.2, 0.25) is 5.02 Å². The van der Waals surface area contributed by atoms with Gasteiger partial charge in [-0.3, -0.25) is 0 Å². The topological polar surface area (TPSA) is 25.2 Å². The summed E-state index contributed by atoms with van der Waals surface area (Å²) < 4.78 is 6.15. The molecule has 28 heavy (non-hydrogen) atoms. The van der Waals surface area contributed by atoms with Crippen molar-refractivity contribution >= 4 is 44.9 Å². The maximum Gasteiger partial charge on any atom is 0.154 e. The molecule has 1 aliphatic heterocycles. The Bertz CT molecular complexity index is 1260. The quantitative estimate of drug-likeness (QED) is 0.330.